The Bertz CT molecular complexity index is 859. The van der Waals surface area contributed by atoms with E-state index in [0.717, 1.165) is 18.1 Å². The molecule has 0 unspecified atom stereocenters. The molecule has 0 aliphatic rings. The molecule has 4 nitrogen and oxygen atoms in total. The van der Waals surface area contributed by atoms with Crippen LogP contribution in [-0.2, 0) is 13.0 Å². The Labute approximate surface area is 141 Å². The van der Waals surface area contributed by atoms with Crippen LogP contribution in [0.2, 0.25) is 0 Å². The van der Waals surface area contributed by atoms with E-state index in [1.807, 2.05) is 6.92 Å². The van der Waals surface area contributed by atoms with E-state index >= 15 is 0 Å². The van der Waals surface area contributed by atoms with Gasteiger partial charge >= 0.3 is 0 Å². The first kappa shape index (κ1) is 16.3. The predicted molar refractivity (Wildman–Crippen MR) is 89.3 cm³/mol. The van der Waals surface area contributed by atoms with Gasteiger partial charge in [0.1, 0.15) is 17.3 Å². The Morgan fingerprint density at radius 3 is 2.83 bits per heavy atom. The van der Waals surface area contributed by atoms with Crippen molar-refractivity contribution in [3.63, 3.8) is 0 Å². The first-order valence-electron chi connectivity index (χ1n) is 7.40. The van der Waals surface area contributed by atoms with Gasteiger partial charge in [-0.25, -0.2) is 13.8 Å². The number of aryl methyl sites for hydroxylation is 1. The summed E-state index contributed by atoms with van der Waals surface area (Å²) in [7, 11) is 0. The normalized spacial score (nSPS) is 10.8. The molecule has 0 atom stereocenters. The minimum atomic E-state index is -0.631. The van der Waals surface area contributed by atoms with Crippen LogP contribution in [0.1, 0.15) is 28.5 Å². The van der Waals surface area contributed by atoms with Crippen molar-refractivity contribution in [2.45, 2.75) is 19.9 Å². The zero-order chi connectivity index (χ0) is 17.1. The molecule has 0 aliphatic carbocycles. The largest absolute Gasteiger partial charge is 0.339 e. The number of carbonyl (C=O) groups is 1. The topological polar surface area (TPSA) is 46.9 Å². The number of nitrogens with zero attached hydrogens (tertiary/aromatic N) is 2. The highest BCUT2D eigenvalue weighted by Crippen LogP contribution is 2.18. The highest BCUT2D eigenvalue weighted by molar-refractivity contribution is 7.13. The third kappa shape index (κ3) is 3.51. The van der Waals surface area contributed by atoms with Gasteiger partial charge in [0.15, 0.2) is 5.13 Å². The fourth-order valence-corrected chi connectivity index (χ4v) is 2.89. The number of amides is 1. The smallest absolute Gasteiger partial charge is 0.274 e. The molecule has 0 fully saturated rings. The molecule has 0 aliphatic heterocycles. The number of carbonyl (C=O) groups excluding carboxylic acids is 1. The van der Waals surface area contributed by atoms with Crippen LogP contribution >= 0.6 is 11.3 Å². The summed E-state index contributed by atoms with van der Waals surface area (Å²) in [6.07, 6.45) is 4.15. The quantitative estimate of drug-likeness (QED) is 0.756. The van der Waals surface area contributed by atoms with Crippen LogP contribution in [0.15, 0.2) is 42.0 Å². The van der Waals surface area contributed by atoms with Crippen LogP contribution in [0, 0.1) is 11.6 Å². The van der Waals surface area contributed by atoms with E-state index in [9.17, 15) is 13.6 Å². The highest BCUT2D eigenvalue weighted by Gasteiger charge is 2.16. The number of hydrogen-bond donors (Lipinski definition) is 1. The van der Waals surface area contributed by atoms with Gasteiger partial charge in [0.25, 0.3) is 5.91 Å². The van der Waals surface area contributed by atoms with Crippen LogP contribution in [0.25, 0.3) is 0 Å². The Morgan fingerprint density at radius 2 is 2.17 bits per heavy atom. The van der Waals surface area contributed by atoms with Crippen LogP contribution in [0.4, 0.5) is 13.9 Å². The fourth-order valence-electron chi connectivity index (χ4n) is 2.37. The first-order chi connectivity index (χ1) is 11.6. The number of anilines is 1. The summed E-state index contributed by atoms with van der Waals surface area (Å²) in [4.78, 5) is 16.5. The van der Waals surface area contributed by atoms with Crippen molar-refractivity contribution in [1.29, 1.82) is 0 Å². The molecule has 24 heavy (non-hydrogen) atoms. The van der Waals surface area contributed by atoms with E-state index < -0.39 is 11.6 Å². The fraction of sp³-hybridized carbons (Fsp3) is 0.176. The van der Waals surface area contributed by atoms with Crippen molar-refractivity contribution in [3.05, 3.63) is 70.5 Å². The van der Waals surface area contributed by atoms with Gasteiger partial charge in [0.2, 0.25) is 0 Å². The lowest BCUT2D eigenvalue weighted by atomic mass is 10.2. The van der Waals surface area contributed by atoms with E-state index in [2.05, 4.69) is 10.3 Å². The predicted octanol–water partition coefficient (Wildman–Crippen LogP) is 4.09. The van der Waals surface area contributed by atoms with Crippen molar-refractivity contribution < 1.29 is 13.6 Å². The summed E-state index contributed by atoms with van der Waals surface area (Å²) >= 11 is 1.32. The Kier molecular flexibility index (Phi) is 4.71. The molecule has 1 N–H and O–H groups in total. The van der Waals surface area contributed by atoms with E-state index in [1.54, 1.807) is 28.4 Å². The molecular weight excluding hydrogens is 332 g/mol. The van der Waals surface area contributed by atoms with Crippen molar-refractivity contribution in [1.82, 2.24) is 9.55 Å². The van der Waals surface area contributed by atoms with Crippen LogP contribution in [0.3, 0.4) is 0 Å². The standard InChI is InChI=1S/C17H15F2N3OS/c1-2-11-7-15(16(23)21-17-20-5-6-24-17)22(9-11)10-12-3-4-13(18)8-14(12)19/h3-9H,2,10H2,1H3,(H,20,21,23). The van der Waals surface area contributed by atoms with Gasteiger partial charge in [0, 0.05) is 29.4 Å². The second kappa shape index (κ2) is 6.92. The van der Waals surface area contributed by atoms with Crippen molar-refractivity contribution >= 4 is 22.4 Å². The van der Waals surface area contributed by atoms with Crippen molar-refractivity contribution in [3.8, 4) is 0 Å². The SMILES string of the molecule is CCc1cc(C(=O)Nc2nccs2)n(Cc2ccc(F)cc2F)c1. The van der Waals surface area contributed by atoms with Gasteiger partial charge in [0.05, 0.1) is 6.54 Å². The summed E-state index contributed by atoms with van der Waals surface area (Å²) in [5, 5.41) is 4.98. The van der Waals surface area contributed by atoms with Gasteiger partial charge < -0.3 is 4.57 Å². The molecule has 0 radical (unpaired) electrons. The zero-order valence-corrected chi connectivity index (χ0v) is 13.7. The second-order valence-corrected chi connectivity index (χ2v) is 6.14. The molecule has 1 amide bonds. The lowest BCUT2D eigenvalue weighted by Crippen LogP contribution is -2.17. The van der Waals surface area contributed by atoms with E-state index in [-0.39, 0.29) is 12.5 Å². The molecule has 0 spiro atoms. The van der Waals surface area contributed by atoms with Gasteiger partial charge in [-0.1, -0.05) is 13.0 Å². The van der Waals surface area contributed by atoms with E-state index in [1.165, 1.54) is 23.5 Å². The summed E-state index contributed by atoms with van der Waals surface area (Å²) in [5.74, 6) is -1.57. The third-order valence-corrected chi connectivity index (χ3v) is 4.29. The monoisotopic (exact) mass is 347 g/mol. The molecule has 0 bridgehead atoms. The number of benzene rings is 1. The number of thiazole rings is 1. The van der Waals surface area contributed by atoms with Gasteiger partial charge in [-0.3, -0.25) is 10.1 Å². The van der Waals surface area contributed by atoms with Gasteiger partial charge in [-0.15, -0.1) is 11.3 Å². The number of halogens is 2. The first-order valence-corrected chi connectivity index (χ1v) is 8.28. The minimum absolute atomic E-state index is 0.146. The number of nitrogens with one attached hydrogen (secondary N) is 1. The second-order valence-electron chi connectivity index (χ2n) is 5.24. The minimum Gasteiger partial charge on any atom is -0.339 e. The molecule has 7 heteroatoms. The molecule has 0 saturated heterocycles. The molecule has 3 aromatic rings. The lowest BCUT2D eigenvalue weighted by Gasteiger charge is -2.09. The molecule has 0 saturated carbocycles. The van der Waals surface area contributed by atoms with Crippen LogP contribution < -0.4 is 5.32 Å². The lowest BCUT2D eigenvalue weighted by molar-refractivity contribution is 0.101. The maximum Gasteiger partial charge on any atom is 0.274 e. The van der Waals surface area contributed by atoms with Crippen LogP contribution in [-0.4, -0.2) is 15.5 Å². The molecule has 2 heterocycles. The molecule has 3 rings (SSSR count). The highest BCUT2D eigenvalue weighted by atomic mass is 32.1. The molecule has 124 valence electrons. The summed E-state index contributed by atoms with van der Waals surface area (Å²) in [6.45, 7) is 2.12. The summed E-state index contributed by atoms with van der Waals surface area (Å²) < 4.78 is 28.6. The van der Waals surface area contributed by atoms with Gasteiger partial charge in [-0.05, 0) is 24.1 Å². The average Bonchev–Trinajstić information content (AvgIpc) is 3.19. The molecule has 1 aromatic carbocycles. The maximum atomic E-state index is 13.9. The van der Waals surface area contributed by atoms with Crippen LogP contribution in [0.5, 0.6) is 0 Å². The average molecular weight is 347 g/mol. The Hall–Kier alpha value is -2.54. The Morgan fingerprint density at radius 1 is 1.33 bits per heavy atom. The number of rotatable bonds is 5. The van der Waals surface area contributed by atoms with E-state index in [0.29, 0.717) is 16.4 Å². The van der Waals surface area contributed by atoms with Crippen molar-refractivity contribution in [2.75, 3.05) is 5.32 Å². The Balaban J connectivity index is 1.89. The third-order valence-electron chi connectivity index (χ3n) is 3.60. The van der Waals surface area contributed by atoms with E-state index in [4.69, 9.17) is 0 Å². The summed E-state index contributed by atoms with van der Waals surface area (Å²) in [5.41, 5.74) is 1.69. The van der Waals surface area contributed by atoms with Gasteiger partial charge in [-0.2, -0.15) is 0 Å². The number of aromatic nitrogens is 2. The zero-order valence-electron chi connectivity index (χ0n) is 12.9. The number of hydrogen-bond acceptors (Lipinski definition) is 3. The maximum absolute atomic E-state index is 13.9. The summed E-state index contributed by atoms with van der Waals surface area (Å²) in [6, 6.07) is 5.20. The molecule has 2 aromatic heterocycles. The van der Waals surface area contributed by atoms with Crippen molar-refractivity contribution in [2.24, 2.45) is 0 Å². The molecular formula is C17H15F2N3OS.